The highest BCUT2D eigenvalue weighted by Crippen LogP contribution is 2.31. The van der Waals surface area contributed by atoms with Crippen molar-refractivity contribution in [1.82, 2.24) is 4.98 Å². The van der Waals surface area contributed by atoms with Gasteiger partial charge in [0.2, 0.25) is 11.8 Å². The Morgan fingerprint density at radius 2 is 1.71 bits per heavy atom. The quantitative estimate of drug-likeness (QED) is 0.761. The van der Waals surface area contributed by atoms with Crippen LogP contribution in [0.15, 0.2) is 59.2 Å². The smallest absolute Gasteiger partial charge is 0.227 e. The highest BCUT2D eigenvalue weighted by atomic mass is 16.3. The van der Waals surface area contributed by atoms with E-state index in [2.05, 4.69) is 29.4 Å². The van der Waals surface area contributed by atoms with E-state index in [0.717, 1.165) is 35.3 Å². The second-order valence-corrected chi connectivity index (χ2v) is 6.24. The van der Waals surface area contributed by atoms with E-state index in [0.29, 0.717) is 5.89 Å². The lowest BCUT2D eigenvalue weighted by Gasteiger charge is -2.04. The SMILES string of the molecule is Cc1ccc(-c2coc(-c3ccc(NC(=O)C4CC4)cc3)n2)cc1. The number of aryl methyl sites for hydroxylation is 1. The van der Waals surface area contributed by atoms with Gasteiger partial charge >= 0.3 is 0 Å². The molecule has 24 heavy (non-hydrogen) atoms. The maximum absolute atomic E-state index is 11.8. The van der Waals surface area contributed by atoms with Crippen LogP contribution in [-0.4, -0.2) is 10.9 Å². The number of rotatable bonds is 4. The van der Waals surface area contributed by atoms with Crippen LogP contribution in [0.2, 0.25) is 0 Å². The van der Waals surface area contributed by atoms with Crippen LogP contribution in [0, 0.1) is 12.8 Å². The minimum atomic E-state index is 0.112. The molecule has 0 atom stereocenters. The first kappa shape index (κ1) is 14.7. The van der Waals surface area contributed by atoms with Crippen molar-refractivity contribution in [3.05, 3.63) is 60.4 Å². The molecule has 3 aromatic rings. The molecule has 1 saturated carbocycles. The molecule has 2 aromatic carbocycles. The molecule has 1 aromatic heterocycles. The summed E-state index contributed by atoms with van der Waals surface area (Å²) in [6.07, 6.45) is 3.67. The normalized spacial score (nSPS) is 13.7. The fourth-order valence-corrected chi connectivity index (χ4v) is 2.55. The number of carbonyl (C=O) groups is 1. The Hall–Kier alpha value is -2.88. The predicted molar refractivity (Wildman–Crippen MR) is 93.5 cm³/mol. The van der Waals surface area contributed by atoms with Crippen LogP contribution in [0.1, 0.15) is 18.4 Å². The van der Waals surface area contributed by atoms with Crippen molar-refractivity contribution < 1.29 is 9.21 Å². The molecule has 4 rings (SSSR count). The molecule has 1 aliphatic rings. The summed E-state index contributed by atoms with van der Waals surface area (Å²) in [6, 6.07) is 15.8. The van der Waals surface area contributed by atoms with Gasteiger partial charge in [-0.1, -0.05) is 29.8 Å². The van der Waals surface area contributed by atoms with Gasteiger partial charge in [-0.05, 0) is 44.0 Å². The summed E-state index contributed by atoms with van der Waals surface area (Å²) < 4.78 is 5.61. The van der Waals surface area contributed by atoms with Gasteiger partial charge in [0.25, 0.3) is 0 Å². The zero-order valence-electron chi connectivity index (χ0n) is 13.5. The molecule has 0 bridgehead atoms. The van der Waals surface area contributed by atoms with Crippen molar-refractivity contribution in [2.75, 3.05) is 5.32 Å². The maximum Gasteiger partial charge on any atom is 0.227 e. The Balaban J connectivity index is 1.51. The molecule has 0 radical (unpaired) electrons. The molecule has 120 valence electrons. The third-order valence-corrected chi connectivity index (χ3v) is 4.20. The van der Waals surface area contributed by atoms with Gasteiger partial charge in [0, 0.05) is 22.7 Å². The Morgan fingerprint density at radius 3 is 2.38 bits per heavy atom. The number of nitrogens with zero attached hydrogens (tertiary/aromatic N) is 1. The third-order valence-electron chi connectivity index (χ3n) is 4.20. The minimum Gasteiger partial charge on any atom is -0.444 e. The van der Waals surface area contributed by atoms with E-state index in [1.54, 1.807) is 6.26 Å². The van der Waals surface area contributed by atoms with Gasteiger partial charge in [-0.25, -0.2) is 4.98 Å². The molecular weight excluding hydrogens is 300 g/mol. The van der Waals surface area contributed by atoms with Gasteiger partial charge in [-0.3, -0.25) is 4.79 Å². The lowest BCUT2D eigenvalue weighted by molar-refractivity contribution is -0.117. The van der Waals surface area contributed by atoms with Crippen LogP contribution in [0.3, 0.4) is 0 Å². The van der Waals surface area contributed by atoms with E-state index in [1.807, 2.05) is 36.4 Å². The van der Waals surface area contributed by atoms with Crippen molar-refractivity contribution in [3.63, 3.8) is 0 Å². The largest absolute Gasteiger partial charge is 0.444 e. The molecular formula is C20H18N2O2. The van der Waals surface area contributed by atoms with Crippen LogP contribution < -0.4 is 5.32 Å². The monoisotopic (exact) mass is 318 g/mol. The first-order chi connectivity index (χ1) is 11.7. The second-order valence-electron chi connectivity index (χ2n) is 6.24. The molecule has 4 heteroatoms. The second kappa shape index (κ2) is 5.96. The van der Waals surface area contributed by atoms with Crippen LogP contribution in [-0.2, 0) is 4.79 Å². The molecule has 1 N–H and O–H groups in total. The molecule has 1 aliphatic carbocycles. The lowest BCUT2D eigenvalue weighted by atomic mass is 10.1. The van der Waals surface area contributed by atoms with E-state index < -0.39 is 0 Å². The van der Waals surface area contributed by atoms with E-state index >= 15 is 0 Å². The molecule has 0 aliphatic heterocycles. The highest BCUT2D eigenvalue weighted by Gasteiger charge is 2.29. The summed E-state index contributed by atoms with van der Waals surface area (Å²) in [5.41, 5.74) is 4.75. The van der Waals surface area contributed by atoms with Gasteiger partial charge in [0.15, 0.2) is 0 Å². The minimum absolute atomic E-state index is 0.112. The zero-order chi connectivity index (χ0) is 16.5. The molecule has 1 amide bonds. The van der Waals surface area contributed by atoms with Crippen molar-refractivity contribution in [2.24, 2.45) is 5.92 Å². The fourth-order valence-electron chi connectivity index (χ4n) is 2.55. The number of aromatic nitrogens is 1. The van der Waals surface area contributed by atoms with Gasteiger partial charge in [0.1, 0.15) is 12.0 Å². The van der Waals surface area contributed by atoms with Crippen molar-refractivity contribution in [3.8, 4) is 22.7 Å². The van der Waals surface area contributed by atoms with E-state index in [9.17, 15) is 4.79 Å². The number of amides is 1. The Kier molecular flexibility index (Phi) is 3.65. The number of nitrogens with one attached hydrogen (secondary N) is 1. The number of carbonyl (C=O) groups excluding carboxylic acids is 1. The van der Waals surface area contributed by atoms with Crippen molar-refractivity contribution >= 4 is 11.6 Å². The van der Waals surface area contributed by atoms with Crippen molar-refractivity contribution in [2.45, 2.75) is 19.8 Å². The predicted octanol–water partition coefficient (Wildman–Crippen LogP) is 4.67. The number of oxazole rings is 1. The third kappa shape index (κ3) is 3.08. The van der Waals surface area contributed by atoms with E-state index in [1.165, 1.54) is 5.56 Å². The molecule has 1 fully saturated rings. The highest BCUT2D eigenvalue weighted by molar-refractivity contribution is 5.94. The summed E-state index contributed by atoms with van der Waals surface area (Å²) in [5.74, 6) is 0.889. The van der Waals surface area contributed by atoms with Crippen molar-refractivity contribution in [1.29, 1.82) is 0 Å². The average molecular weight is 318 g/mol. The first-order valence-corrected chi connectivity index (χ1v) is 8.13. The summed E-state index contributed by atoms with van der Waals surface area (Å²) >= 11 is 0. The molecule has 4 nitrogen and oxygen atoms in total. The summed E-state index contributed by atoms with van der Waals surface area (Å²) in [5, 5.41) is 2.93. The molecule has 0 saturated heterocycles. The standard InChI is InChI=1S/C20H18N2O2/c1-13-2-4-14(5-3-13)18-12-24-20(22-18)16-8-10-17(11-9-16)21-19(23)15-6-7-15/h2-5,8-12,15H,6-7H2,1H3,(H,21,23). The number of hydrogen-bond acceptors (Lipinski definition) is 3. The topological polar surface area (TPSA) is 55.1 Å². The molecule has 1 heterocycles. The Bertz CT molecular complexity index is 859. The van der Waals surface area contributed by atoms with Gasteiger partial charge in [-0.2, -0.15) is 0 Å². The van der Waals surface area contributed by atoms with Gasteiger partial charge in [0.05, 0.1) is 0 Å². The lowest BCUT2D eigenvalue weighted by Crippen LogP contribution is -2.12. The maximum atomic E-state index is 11.8. The number of hydrogen-bond donors (Lipinski definition) is 1. The van der Waals surface area contributed by atoms with E-state index in [-0.39, 0.29) is 11.8 Å². The summed E-state index contributed by atoms with van der Waals surface area (Å²) in [6.45, 7) is 2.06. The average Bonchev–Trinajstić information content (AvgIpc) is 3.34. The number of benzene rings is 2. The van der Waals surface area contributed by atoms with Crippen LogP contribution >= 0.6 is 0 Å². The summed E-state index contributed by atoms with van der Waals surface area (Å²) in [4.78, 5) is 16.3. The van der Waals surface area contributed by atoms with Gasteiger partial charge in [-0.15, -0.1) is 0 Å². The first-order valence-electron chi connectivity index (χ1n) is 8.13. The van der Waals surface area contributed by atoms with E-state index in [4.69, 9.17) is 4.42 Å². The Labute approximate surface area is 140 Å². The fraction of sp³-hybridized carbons (Fsp3) is 0.200. The molecule has 0 unspecified atom stereocenters. The van der Waals surface area contributed by atoms with Crippen LogP contribution in [0.4, 0.5) is 5.69 Å². The van der Waals surface area contributed by atoms with Gasteiger partial charge < -0.3 is 9.73 Å². The Morgan fingerprint density at radius 1 is 1.04 bits per heavy atom. The zero-order valence-corrected chi connectivity index (χ0v) is 13.5. The summed E-state index contributed by atoms with van der Waals surface area (Å²) in [7, 11) is 0. The van der Waals surface area contributed by atoms with Crippen LogP contribution in [0.25, 0.3) is 22.7 Å². The van der Waals surface area contributed by atoms with Crippen LogP contribution in [0.5, 0.6) is 0 Å². The number of anilines is 1. The molecule has 0 spiro atoms.